The molecule has 0 aliphatic heterocycles. The molecule has 18 heavy (non-hydrogen) atoms. The third-order valence-corrected chi connectivity index (χ3v) is 2.79. The fourth-order valence-electron chi connectivity index (χ4n) is 2.03. The van der Waals surface area contributed by atoms with Crippen LogP contribution in [0.15, 0.2) is 24.3 Å². The smallest absolute Gasteiger partial charge is 0.306 e. The van der Waals surface area contributed by atoms with E-state index in [0.717, 1.165) is 17.7 Å². The maximum absolute atomic E-state index is 11.5. The molecule has 1 aromatic rings. The molecule has 0 N–H and O–H groups in total. The van der Waals surface area contributed by atoms with Crippen molar-refractivity contribution in [3.8, 4) is 5.75 Å². The molecule has 0 fully saturated rings. The Morgan fingerprint density at radius 3 is 2.56 bits per heavy atom. The zero-order valence-electron chi connectivity index (χ0n) is 11.7. The summed E-state index contributed by atoms with van der Waals surface area (Å²) in [7, 11) is 1.66. The lowest BCUT2D eigenvalue weighted by atomic mass is 9.82. The second-order valence-corrected chi connectivity index (χ2v) is 5.13. The van der Waals surface area contributed by atoms with Crippen LogP contribution in [0.1, 0.15) is 32.8 Å². The van der Waals surface area contributed by atoms with Crippen LogP contribution in [0.3, 0.4) is 0 Å². The standard InChI is InChI=1S/C15H22O3/c1-5-18-14(16)11-15(2,3)10-12-8-6-7-9-13(12)17-4/h6-9H,5,10-11H2,1-4H3. The van der Waals surface area contributed by atoms with E-state index in [9.17, 15) is 4.79 Å². The molecule has 3 nitrogen and oxygen atoms in total. The van der Waals surface area contributed by atoms with Crippen LogP contribution in [0.5, 0.6) is 5.75 Å². The number of hydrogen-bond donors (Lipinski definition) is 0. The van der Waals surface area contributed by atoms with Gasteiger partial charge in [-0.15, -0.1) is 0 Å². The van der Waals surface area contributed by atoms with Gasteiger partial charge in [0.2, 0.25) is 0 Å². The molecule has 0 aromatic heterocycles. The number of rotatable bonds is 6. The van der Waals surface area contributed by atoms with E-state index < -0.39 is 0 Å². The zero-order valence-corrected chi connectivity index (χ0v) is 11.7. The topological polar surface area (TPSA) is 35.5 Å². The van der Waals surface area contributed by atoms with Gasteiger partial charge in [0.1, 0.15) is 5.75 Å². The summed E-state index contributed by atoms with van der Waals surface area (Å²) in [5.41, 5.74) is 0.982. The molecule has 0 saturated carbocycles. The molecule has 0 heterocycles. The van der Waals surface area contributed by atoms with Gasteiger partial charge in [0.25, 0.3) is 0 Å². The number of para-hydroxylation sites is 1. The maximum atomic E-state index is 11.5. The molecular weight excluding hydrogens is 228 g/mol. The van der Waals surface area contributed by atoms with E-state index in [1.54, 1.807) is 7.11 Å². The van der Waals surface area contributed by atoms with Gasteiger partial charge >= 0.3 is 5.97 Å². The van der Waals surface area contributed by atoms with Crippen LogP contribution in [0.4, 0.5) is 0 Å². The molecule has 1 rings (SSSR count). The first-order valence-electron chi connectivity index (χ1n) is 6.26. The lowest BCUT2D eigenvalue weighted by Crippen LogP contribution is -2.21. The van der Waals surface area contributed by atoms with Gasteiger partial charge in [-0.25, -0.2) is 0 Å². The Bertz CT molecular complexity index is 396. The minimum atomic E-state index is -0.141. The number of esters is 1. The molecule has 0 aliphatic carbocycles. The highest BCUT2D eigenvalue weighted by molar-refractivity contribution is 5.70. The number of carbonyl (C=O) groups excluding carboxylic acids is 1. The van der Waals surface area contributed by atoms with Crippen LogP contribution in [0, 0.1) is 5.41 Å². The van der Waals surface area contributed by atoms with Gasteiger partial charge in [0.05, 0.1) is 20.1 Å². The van der Waals surface area contributed by atoms with Crippen LogP contribution in [0.2, 0.25) is 0 Å². The molecule has 0 bridgehead atoms. The molecular formula is C15H22O3. The van der Waals surface area contributed by atoms with Crippen LogP contribution in [-0.2, 0) is 16.0 Å². The number of hydrogen-bond acceptors (Lipinski definition) is 3. The number of benzene rings is 1. The first-order valence-corrected chi connectivity index (χ1v) is 6.26. The molecule has 0 amide bonds. The Labute approximate surface area is 109 Å². The predicted molar refractivity (Wildman–Crippen MR) is 71.7 cm³/mol. The second kappa shape index (κ2) is 6.43. The highest BCUT2D eigenvalue weighted by Crippen LogP contribution is 2.30. The van der Waals surface area contributed by atoms with Crippen molar-refractivity contribution in [1.29, 1.82) is 0 Å². The van der Waals surface area contributed by atoms with Crippen LogP contribution in [-0.4, -0.2) is 19.7 Å². The predicted octanol–water partition coefficient (Wildman–Crippen LogP) is 3.22. The minimum absolute atomic E-state index is 0.138. The summed E-state index contributed by atoms with van der Waals surface area (Å²) in [6, 6.07) is 7.90. The summed E-state index contributed by atoms with van der Waals surface area (Å²) < 4.78 is 10.3. The lowest BCUT2D eigenvalue weighted by Gasteiger charge is -2.24. The van der Waals surface area contributed by atoms with Crippen molar-refractivity contribution in [1.82, 2.24) is 0 Å². The van der Waals surface area contributed by atoms with E-state index >= 15 is 0 Å². The number of methoxy groups -OCH3 is 1. The SMILES string of the molecule is CCOC(=O)CC(C)(C)Cc1ccccc1OC. The van der Waals surface area contributed by atoms with Crippen LogP contribution >= 0.6 is 0 Å². The van der Waals surface area contributed by atoms with Crippen molar-refractivity contribution >= 4 is 5.97 Å². The first-order chi connectivity index (χ1) is 8.48. The third-order valence-electron chi connectivity index (χ3n) is 2.79. The van der Waals surface area contributed by atoms with E-state index in [1.807, 2.05) is 31.2 Å². The van der Waals surface area contributed by atoms with Gasteiger partial charge in [0.15, 0.2) is 0 Å². The molecule has 0 saturated heterocycles. The Hall–Kier alpha value is -1.51. The minimum Gasteiger partial charge on any atom is -0.496 e. The number of ether oxygens (including phenoxy) is 2. The van der Waals surface area contributed by atoms with E-state index in [0.29, 0.717) is 13.0 Å². The monoisotopic (exact) mass is 250 g/mol. The normalized spacial score (nSPS) is 11.1. The summed E-state index contributed by atoms with van der Waals surface area (Å²) in [6.45, 7) is 6.39. The molecule has 0 atom stereocenters. The highest BCUT2D eigenvalue weighted by atomic mass is 16.5. The second-order valence-electron chi connectivity index (χ2n) is 5.13. The molecule has 0 radical (unpaired) electrons. The summed E-state index contributed by atoms with van der Waals surface area (Å²) in [5, 5.41) is 0. The van der Waals surface area contributed by atoms with Crippen LogP contribution in [0.25, 0.3) is 0 Å². The van der Waals surface area contributed by atoms with Crippen molar-refractivity contribution in [2.75, 3.05) is 13.7 Å². The quantitative estimate of drug-likeness (QED) is 0.727. The summed E-state index contributed by atoms with van der Waals surface area (Å²) in [5.74, 6) is 0.729. The van der Waals surface area contributed by atoms with E-state index in [1.165, 1.54) is 0 Å². The molecule has 0 unspecified atom stereocenters. The largest absolute Gasteiger partial charge is 0.496 e. The average Bonchev–Trinajstić information content (AvgIpc) is 2.28. The molecule has 100 valence electrons. The fourth-order valence-corrected chi connectivity index (χ4v) is 2.03. The zero-order chi connectivity index (χ0) is 13.6. The molecule has 0 spiro atoms. The van der Waals surface area contributed by atoms with E-state index in [-0.39, 0.29) is 11.4 Å². The van der Waals surface area contributed by atoms with Crippen LogP contribution < -0.4 is 4.74 Å². The molecule has 0 aliphatic rings. The summed E-state index contributed by atoms with van der Waals surface area (Å²) in [4.78, 5) is 11.5. The summed E-state index contributed by atoms with van der Waals surface area (Å²) in [6.07, 6.45) is 1.20. The van der Waals surface area contributed by atoms with E-state index in [2.05, 4.69) is 13.8 Å². The van der Waals surface area contributed by atoms with Crippen molar-refractivity contribution < 1.29 is 14.3 Å². The molecule has 1 aromatic carbocycles. The van der Waals surface area contributed by atoms with Crippen molar-refractivity contribution in [2.24, 2.45) is 5.41 Å². The van der Waals surface area contributed by atoms with Gasteiger partial charge in [-0.3, -0.25) is 4.79 Å². The Morgan fingerprint density at radius 2 is 1.94 bits per heavy atom. The van der Waals surface area contributed by atoms with Crippen molar-refractivity contribution in [3.05, 3.63) is 29.8 Å². The molecule has 3 heteroatoms. The summed E-state index contributed by atoms with van der Waals surface area (Å²) >= 11 is 0. The Morgan fingerprint density at radius 1 is 1.28 bits per heavy atom. The Kier molecular flexibility index (Phi) is 5.20. The third kappa shape index (κ3) is 4.40. The maximum Gasteiger partial charge on any atom is 0.306 e. The average molecular weight is 250 g/mol. The fraction of sp³-hybridized carbons (Fsp3) is 0.533. The van der Waals surface area contributed by atoms with Crippen molar-refractivity contribution in [2.45, 2.75) is 33.6 Å². The number of carbonyl (C=O) groups is 1. The van der Waals surface area contributed by atoms with Gasteiger partial charge < -0.3 is 9.47 Å². The van der Waals surface area contributed by atoms with E-state index in [4.69, 9.17) is 9.47 Å². The lowest BCUT2D eigenvalue weighted by molar-refractivity contribution is -0.145. The first kappa shape index (κ1) is 14.6. The van der Waals surface area contributed by atoms with Gasteiger partial charge in [0, 0.05) is 0 Å². The van der Waals surface area contributed by atoms with Gasteiger partial charge in [-0.1, -0.05) is 32.0 Å². The highest BCUT2D eigenvalue weighted by Gasteiger charge is 2.24. The van der Waals surface area contributed by atoms with Crippen molar-refractivity contribution in [3.63, 3.8) is 0 Å². The Balaban J connectivity index is 2.72. The van der Waals surface area contributed by atoms with Gasteiger partial charge in [-0.05, 0) is 30.4 Å². The van der Waals surface area contributed by atoms with Gasteiger partial charge in [-0.2, -0.15) is 0 Å².